The Morgan fingerprint density at radius 3 is 2.33 bits per heavy atom. The van der Waals surface area contributed by atoms with E-state index in [4.69, 9.17) is 19.9 Å². The minimum Gasteiger partial charge on any atom is -0.465 e. The van der Waals surface area contributed by atoms with Gasteiger partial charge in [-0.1, -0.05) is 42.5 Å². The van der Waals surface area contributed by atoms with Gasteiger partial charge in [-0.15, -0.1) is 0 Å². The van der Waals surface area contributed by atoms with Gasteiger partial charge in [0.05, 0.1) is 30.8 Å². The molecule has 1 atom stereocenters. The summed E-state index contributed by atoms with van der Waals surface area (Å²) in [4.78, 5) is 24.7. The highest BCUT2D eigenvalue weighted by molar-refractivity contribution is 6.00. The molecule has 0 unspecified atom stereocenters. The van der Waals surface area contributed by atoms with Crippen molar-refractivity contribution in [3.8, 4) is 6.07 Å². The van der Waals surface area contributed by atoms with E-state index in [1.54, 1.807) is 55.5 Å². The molecular weight excluding hydrogens is 384 g/mol. The molecule has 3 rings (SSSR count). The normalized spacial score (nSPS) is 15.8. The molecule has 0 saturated heterocycles. The maximum atomic E-state index is 12.9. The van der Waals surface area contributed by atoms with E-state index in [1.807, 2.05) is 12.1 Å². The Balaban J connectivity index is 2.22. The highest BCUT2D eigenvalue weighted by Crippen LogP contribution is 2.42. The lowest BCUT2D eigenvalue weighted by molar-refractivity contribution is -0.138. The number of hydrogen-bond acceptors (Lipinski definition) is 7. The number of allylic oxidation sites excluding steroid dienone is 1. The number of rotatable bonds is 5. The molecule has 1 heterocycles. The van der Waals surface area contributed by atoms with Crippen molar-refractivity contribution in [2.75, 3.05) is 13.7 Å². The summed E-state index contributed by atoms with van der Waals surface area (Å²) in [7, 11) is 1.29. The molecule has 1 aliphatic rings. The van der Waals surface area contributed by atoms with Gasteiger partial charge in [0.1, 0.15) is 17.4 Å². The first-order valence-corrected chi connectivity index (χ1v) is 9.24. The zero-order valence-corrected chi connectivity index (χ0v) is 16.5. The maximum Gasteiger partial charge on any atom is 0.338 e. The number of carbonyl (C=O) groups is 2. The third-order valence-electron chi connectivity index (χ3n) is 4.62. The van der Waals surface area contributed by atoms with E-state index in [2.05, 4.69) is 0 Å². The summed E-state index contributed by atoms with van der Waals surface area (Å²) in [5.41, 5.74) is 7.86. The molecule has 7 heteroatoms. The largest absolute Gasteiger partial charge is 0.465 e. The van der Waals surface area contributed by atoms with E-state index in [0.29, 0.717) is 16.7 Å². The van der Waals surface area contributed by atoms with Crippen molar-refractivity contribution in [2.24, 2.45) is 5.73 Å². The fraction of sp³-hybridized carbons (Fsp3) is 0.174. The Hall–Kier alpha value is -4.05. The lowest BCUT2D eigenvalue weighted by atomic mass is 9.81. The van der Waals surface area contributed by atoms with Gasteiger partial charge in [0.25, 0.3) is 0 Å². The number of nitrogens with two attached hydrogens (primary N) is 1. The van der Waals surface area contributed by atoms with Crippen molar-refractivity contribution in [1.29, 1.82) is 5.26 Å². The first kappa shape index (κ1) is 20.7. The maximum absolute atomic E-state index is 12.9. The zero-order valence-electron chi connectivity index (χ0n) is 16.5. The van der Waals surface area contributed by atoms with Gasteiger partial charge < -0.3 is 19.9 Å². The van der Waals surface area contributed by atoms with Gasteiger partial charge in [-0.2, -0.15) is 5.26 Å². The van der Waals surface area contributed by atoms with Gasteiger partial charge >= 0.3 is 11.9 Å². The van der Waals surface area contributed by atoms with Crippen LogP contribution in [0.4, 0.5) is 0 Å². The molecule has 0 radical (unpaired) electrons. The van der Waals surface area contributed by atoms with E-state index in [1.165, 1.54) is 7.11 Å². The Morgan fingerprint density at radius 1 is 1.10 bits per heavy atom. The predicted octanol–water partition coefficient (Wildman–Crippen LogP) is 3.26. The quantitative estimate of drug-likeness (QED) is 0.761. The van der Waals surface area contributed by atoms with Crippen LogP contribution in [0, 0.1) is 11.3 Å². The molecule has 0 amide bonds. The van der Waals surface area contributed by atoms with Crippen molar-refractivity contribution in [3.05, 3.63) is 88.3 Å². The van der Waals surface area contributed by atoms with Gasteiger partial charge in [-0.3, -0.25) is 0 Å². The number of benzene rings is 2. The van der Waals surface area contributed by atoms with Crippen LogP contribution in [0.2, 0.25) is 0 Å². The van der Waals surface area contributed by atoms with E-state index >= 15 is 0 Å². The molecule has 152 valence electrons. The highest BCUT2D eigenvalue weighted by atomic mass is 16.5. The molecule has 2 aromatic carbocycles. The van der Waals surface area contributed by atoms with Gasteiger partial charge in [-0.25, -0.2) is 9.59 Å². The van der Waals surface area contributed by atoms with Crippen molar-refractivity contribution in [2.45, 2.75) is 12.8 Å². The van der Waals surface area contributed by atoms with Crippen LogP contribution in [0.25, 0.3) is 5.76 Å². The third kappa shape index (κ3) is 3.89. The van der Waals surface area contributed by atoms with Crippen molar-refractivity contribution < 1.29 is 23.8 Å². The molecule has 0 aliphatic carbocycles. The lowest BCUT2D eigenvalue weighted by Crippen LogP contribution is -2.26. The summed E-state index contributed by atoms with van der Waals surface area (Å²) in [5, 5.41) is 9.74. The topological polar surface area (TPSA) is 112 Å². The summed E-state index contributed by atoms with van der Waals surface area (Å²) >= 11 is 0. The lowest BCUT2D eigenvalue weighted by Gasteiger charge is -2.28. The monoisotopic (exact) mass is 404 g/mol. The number of ether oxygens (including phenoxy) is 3. The molecule has 2 N–H and O–H groups in total. The van der Waals surface area contributed by atoms with Crippen LogP contribution in [-0.4, -0.2) is 25.7 Å². The summed E-state index contributed by atoms with van der Waals surface area (Å²) in [5.74, 6) is -1.78. The number of carbonyl (C=O) groups excluding carboxylic acids is 2. The Labute approximate surface area is 174 Å². The van der Waals surface area contributed by atoms with Crippen molar-refractivity contribution in [3.63, 3.8) is 0 Å². The van der Waals surface area contributed by atoms with Crippen LogP contribution in [0.3, 0.4) is 0 Å². The van der Waals surface area contributed by atoms with Crippen molar-refractivity contribution >= 4 is 17.7 Å². The first-order valence-electron chi connectivity index (χ1n) is 9.24. The molecule has 7 nitrogen and oxygen atoms in total. The van der Waals surface area contributed by atoms with Crippen LogP contribution in [0.15, 0.2) is 71.6 Å². The second kappa shape index (κ2) is 8.97. The molecule has 0 saturated carbocycles. The molecule has 2 aromatic rings. The fourth-order valence-corrected chi connectivity index (χ4v) is 3.24. The Bertz CT molecular complexity index is 1060. The van der Waals surface area contributed by atoms with E-state index in [-0.39, 0.29) is 29.4 Å². The average molecular weight is 404 g/mol. The van der Waals surface area contributed by atoms with Crippen LogP contribution in [0.5, 0.6) is 0 Å². The summed E-state index contributed by atoms with van der Waals surface area (Å²) in [6, 6.07) is 17.4. The van der Waals surface area contributed by atoms with E-state index in [0.717, 1.165) is 0 Å². The van der Waals surface area contributed by atoms with Gasteiger partial charge in [0, 0.05) is 5.56 Å². The SMILES string of the molecule is CCOC(=O)C1=C(c2ccccc2)OC(N)=C(C#N)[C@@H]1c1ccc(C(=O)OC)cc1. The first-order chi connectivity index (χ1) is 14.5. The molecular formula is C23H20N2O5. The van der Waals surface area contributed by atoms with Crippen LogP contribution < -0.4 is 5.73 Å². The minimum absolute atomic E-state index is 0.0866. The second-order valence-corrected chi connectivity index (χ2v) is 6.37. The Kier molecular flexibility index (Phi) is 6.18. The predicted molar refractivity (Wildman–Crippen MR) is 108 cm³/mol. The second-order valence-electron chi connectivity index (χ2n) is 6.37. The van der Waals surface area contributed by atoms with Gasteiger partial charge in [0.2, 0.25) is 5.88 Å². The van der Waals surface area contributed by atoms with E-state index in [9.17, 15) is 14.9 Å². The fourth-order valence-electron chi connectivity index (χ4n) is 3.24. The Morgan fingerprint density at radius 2 is 1.77 bits per heavy atom. The number of methoxy groups -OCH3 is 1. The number of esters is 2. The van der Waals surface area contributed by atoms with Gasteiger partial charge in [0.15, 0.2) is 0 Å². The van der Waals surface area contributed by atoms with Crippen LogP contribution >= 0.6 is 0 Å². The number of hydrogen-bond donors (Lipinski definition) is 1. The zero-order chi connectivity index (χ0) is 21.7. The molecule has 0 bridgehead atoms. The van der Waals surface area contributed by atoms with Gasteiger partial charge in [-0.05, 0) is 24.6 Å². The van der Waals surface area contributed by atoms with Crippen molar-refractivity contribution in [1.82, 2.24) is 0 Å². The summed E-state index contributed by atoms with van der Waals surface area (Å²) in [6.45, 7) is 1.85. The number of nitriles is 1. The van der Waals surface area contributed by atoms with E-state index < -0.39 is 17.9 Å². The number of nitrogens with zero attached hydrogens (tertiary/aromatic N) is 1. The average Bonchev–Trinajstić information content (AvgIpc) is 2.78. The highest BCUT2D eigenvalue weighted by Gasteiger charge is 2.38. The van der Waals surface area contributed by atoms with Crippen LogP contribution in [0.1, 0.15) is 34.3 Å². The molecule has 30 heavy (non-hydrogen) atoms. The minimum atomic E-state index is -0.815. The molecule has 0 spiro atoms. The van der Waals surface area contributed by atoms with Crippen LogP contribution in [-0.2, 0) is 19.0 Å². The molecule has 0 aromatic heterocycles. The molecule has 0 fully saturated rings. The summed E-state index contributed by atoms with van der Waals surface area (Å²) < 4.78 is 15.7. The third-order valence-corrected chi connectivity index (χ3v) is 4.62. The molecule has 1 aliphatic heterocycles. The smallest absolute Gasteiger partial charge is 0.338 e. The summed E-state index contributed by atoms with van der Waals surface area (Å²) in [6.07, 6.45) is 0. The standard InChI is InChI=1S/C23H20N2O5/c1-3-29-23(27)19-18(14-9-11-16(12-10-14)22(26)28-2)17(13-24)21(25)30-20(19)15-7-5-4-6-8-15/h4-12,18H,3,25H2,1-2H3/t18-/m0/s1.